The van der Waals surface area contributed by atoms with Crippen molar-refractivity contribution in [1.82, 2.24) is 9.97 Å². The average molecular weight is 283 g/mol. The van der Waals surface area contributed by atoms with Crippen molar-refractivity contribution in [1.29, 1.82) is 0 Å². The van der Waals surface area contributed by atoms with Crippen molar-refractivity contribution in [2.45, 2.75) is 6.18 Å². The summed E-state index contributed by atoms with van der Waals surface area (Å²) in [4.78, 5) is 8.03. The number of ether oxygens (including phenoxy) is 1. The summed E-state index contributed by atoms with van der Waals surface area (Å²) >= 11 is 0. The molecule has 2 rings (SSSR count). The number of halogens is 3. The van der Waals surface area contributed by atoms with Crippen LogP contribution in [0.5, 0.6) is 5.88 Å². The molecular formula is C13H12F3N3O. The van der Waals surface area contributed by atoms with E-state index in [0.717, 1.165) is 12.1 Å². The second kappa shape index (κ2) is 5.36. The van der Waals surface area contributed by atoms with Gasteiger partial charge in [0, 0.05) is 24.9 Å². The molecule has 0 bridgehead atoms. The van der Waals surface area contributed by atoms with Crippen molar-refractivity contribution in [3.8, 4) is 17.1 Å². The Labute approximate surface area is 113 Å². The van der Waals surface area contributed by atoms with Crippen LogP contribution in [-0.2, 0) is 6.18 Å². The number of anilines is 1. The summed E-state index contributed by atoms with van der Waals surface area (Å²) in [5.41, 5.74) is -0.0630. The first-order valence-electron chi connectivity index (χ1n) is 5.71. The Morgan fingerprint density at radius 1 is 1.20 bits per heavy atom. The Balaban J connectivity index is 2.55. The molecule has 0 spiro atoms. The number of rotatable bonds is 3. The minimum Gasteiger partial charge on any atom is -0.481 e. The second-order valence-corrected chi connectivity index (χ2v) is 3.96. The summed E-state index contributed by atoms with van der Waals surface area (Å²) < 4.78 is 43.5. The summed E-state index contributed by atoms with van der Waals surface area (Å²) in [5, 5.41) is 2.62. The molecule has 0 radical (unpaired) electrons. The topological polar surface area (TPSA) is 47.0 Å². The molecule has 2 aromatic heterocycles. The van der Waals surface area contributed by atoms with Gasteiger partial charge in [0.15, 0.2) is 0 Å². The highest BCUT2D eigenvalue weighted by Crippen LogP contribution is 2.33. The SMILES string of the molecule is CNc1cc(C(F)(F)F)cc(-c2ccnc(OC)c2)n1. The minimum absolute atomic E-state index is 0.144. The highest BCUT2D eigenvalue weighted by Gasteiger charge is 2.31. The van der Waals surface area contributed by atoms with Crippen molar-refractivity contribution < 1.29 is 17.9 Å². The molecule has 0 saturated heterocycles. The highest BCUT2D eigenvalue weighted by molar-refractivity contribution is 5.63. The number of methoxy groups -OCH3 is 1. The largest absolute Gasteiger partial charge is 0.481 e. The van der Waals surface area contributed by atoms with Gasteiger partial charge in [-0.05, 0) is 18.2 Å². The zero-order valence-corrected chi connectivity index (χ0v) is 10.8. The molecule has 2 heterocycles. The van der Waals surface area contributed by atoms with Crippen LogP contribution in [0.1, 0.15) is 5.56 Å². The van der Waals surface area contributed by atoms with Gasteiger partial charge >= 0.3 is 6.18 Å². The van der Waals surface area contributed by atoms with Gasteiger partial charge in [0.05, 0.1) is 18.4 Å². The van der Waals surface area contributed by atoms with E-state index in [1.54, 1.807) is 6.07 Å². The van der Waals surface area contributed by atoms with Gasteiger partial charge in [-0.1, -0.05) is 0 Å². The van der Waals surface area contributed by atoms with Crippen LogP contribution < -0.4 is 10.1 Å². The molecular weight excluding hydrogens is 271 g/mol. The van der Waals surface area contributed by atoms with E-state index in [-0.39, 0.29) is 11.5 Å². The first-order valence-corrected chi connectivity index (χ1v) is 5.71. The average Bonchev–Trinajstić information content (AvgIpc) is 2.46. The fourth-order valence-corrected chi connectivity index (χ4v) is 1.65. The molecule has 7 heteroatoms. The number of aromatic nitrogens is 2. The molecule has 0 saturated carbocycles. The van der Waals surface area contributed by atoms with Crippen LogP contribution >= 0.6 is 0 Å². The smallest absolute Gasteiger partial charge is 0.416 e. The highest BCUT2D eigenvalue weighted by atomic mass is 19.4. The third kappa shape index (κ3) is 2.98. The van der Waals surface area contributed by atoms with E-state index in [2.05, 4.69) is 15.3 Å². The molecule has 20 heavy (non-hydrogen) atoms. The van der Waals surface area contributed by atoms with Crippen molar-refractivity contribution in [2.75, 3.05) is 19.5 Å². The molecule has 0 aliphatic rings. The standard InChI is InChI=1S/C13H12F3N3O/c1-17-11-7-9(13(14,15)16)6-10(19-11)8-3-4-18-12(5-8)20-2/h3-7H,1-2H3,(H,17,19). The first kappa shape index (κ1) is 14.1. The Morgan fingerprint density at radius 2 is 1.95 bits per heavy atom. The second-order valence-electron chi connectivity index (χ2n) is 3.96. The lowest BCUT2D eigenvalue weighted by Gasteiger charge is -2.11. The number of hydrogen-bond donors (Lipinski definition) is 1. The molecule has 0 aliphatic heterocycles. The molecule has 106 valence electrons. The van der Waals surface area contributed by atoms with Crippen molar-refractivity contribution in [3.63, 3.8) is 0 Å². The van der Waals surface area contributed by atoms with Gasteiger partial charge in [-0.2, -0.15) is 13.2 Å². The number of hydrogen-bond acceptors (Lipinski definition) is 4. The van der Waals surface area contributed by atoms with Gasteiger partial charge in [-0.3, -0.25) is 0 Å². The molecule has 0 amide bonds. The maximum Gasteiger partial charge on any atom is 0.416 e. The maximum absolute atomic E-state index is 12.9. The van der Waals surface area contributed by atoms with E-state index in [1.807, 2.05) is 0 Å². The number of nitrogens with one attached hydrogen (secondary N) is 1. The third-order valence-corrected chi connectivity index (χ3v) is 2.65. The minimum atomic E-state index is -4.43. The molecule has 1 N–H and O–H groups in total. The fraction of sp³-hybridized carbons (Fsp3) is 0.231. The summed E-state index contributed by atoms with van der Waals surface area (Å²) in [6.07, 6.45) is -2.98. The van der Waals surface area contributed by atoms with Gasteiger partial charge < -0.3 is 10.1 Å². The zero-order valence-electron chi connectivity index (χ0n) is 10.8. The van der Waals surface area contributed by atoms with Crippen molar-refractivity contribution >= 4 is 5.82 Å². The van der Waals surface area contributed by atoms with Crippen molar-refractivity contribution in [3.05, 3.63) is 36.0 Å². The predicted octanol–water partition coefficient (Wildman–Crippen LogP) is 3.21. The van der Waals surface area contributed by atoms with Crippen LogP contribution in [0.4, 0.5) is 19.0 Å². The van der Waals surface area contributed by atoms with Gasteiger partial charge in [-0.15, -0.1) is 0 Å². The number of pyridine rings is 2. The Kier molecular flexibility index (Phi) is 3.78. The van der Waals surface area contributed by atoms with E-state index < -0.39 is 11.7 Å². The van der Waals surface area contributed by atoms with E-state index in [4.69, 9.17) is 4.74 Å². The molecule has 0 unspecified atom stereocenters. The summed E-state index contributed by atoms with van der Waals surface area (Å²) in [6.45, 7) is 0. The van der Waals surface area contributed by atoms with Gasteiger partial charge in [0.1, 0.15) is 5.82 Å². The van der Waals surface area contributed by atoms with Gasteiger partial charge in [-0.25, -0.2) is 9.97 Å². The molecule has 0 atom stereocenters. The predicted molar refractivity (Wildman–Crippen MR) is 68.6 cm³/mol. The first-order chi connectivity index (χ1) is 9.44. The zero-order chi connectivity index (χ0) is 14.8. The summed E-state index contributed by atoms with van der Waals surface area (Å²) in [6, 6.07) is 5.06. The van der Waals surface area contributed by atoms with E-state index in [1.165, 1.54) is 26.4 Å². The van der Waals surface area contributed by atoms with Crippen LogP contribution in [-0.4, -0.2) is 24.1 Å². The van der Waals surface area contributed by atoms with Crippen molar-refractivity contribution in [2.24, 2.45) is 0 Å². The lowest BCUT2D eigenvalue weighted by molar-refractivity contribution is -0.137. The van der Waals surface area contributed by atoms with Crippen LogP contribution in [0.2, 0.25) is 0 Å². The Morgan fingerprint density at radius 3 is 2.55 bits per heavy atom. The quantitative estimate of drug-likeness (QED) is 0.939. The van der Waals surface area contributed by atoms with Crippen LogP contribution in [0, 0.1) is 0 Å². The lowest BCUT2D eigenvalue weighted by Crippen LogP contribution is -2.07. The van der Waals surface area contributed by atoms with Gasteiger partial charge in [0.25, 0.3) is 0 Å². The Hall–Kier alpha value is -2.31. The number of nitrogens with zero attached hydrogens (tertiary/aromatic N) is 2. The number of alkyl halides is 3. The monoisotopic (exact) mass is 283 g/mol. The molecule has 2 aromatic rings. The van der Waals surface area contributed by atoms with E-state index >= 15 is 0 Å². The van der Waals surface area contributed by atoms with E-state index in [0.29, 0.717) is 11.4 Å². The maximum atomic E-state index is 12.9. The summed E-state index contributed by atoms with van der Waals surface area (Å²) in [7, 11) is 2.95. The fourth-order valence-electron chi connectivity index (χ4n) is 1.65. The molecule has 0 aliphatic carbocycles. The van der Waals surface area contributed by atoms with Crippen LogP contribution in [0.25, 0.3) is 11.3 Å². The summed E-state index contributed by atoms with van der Waals surface area (Å²) in [5.74, 6) is 0.457. The Bertz CT molecular complexity index is 614. The normalized spacial score (nSPS) is 11.2. The van der Waals surface area contributed by atoms with Crippen LogP contribution in [0.15, 0.2) is 30.5 Å². The molecule has 4 nitrogen and oxygen atoms in total. The molecule has 0 aromatic carbocycles. The van der Waals surface area contributed by atoms with Crippen LogP contribution in [0.3, 0.4) is 0 Å². The van der Waals surface area contributed by atoms with E-state index in [9.17, 15) is 13.2 Å². The third-order valence-electron chi connectivity index (χ3n) is 2.65. The lowest BCUT2D eigenvalue weighted by atomic mass is 10.1. The molecule has 0 fully saturated rings. The van der Waals surface area contributed by atoms with Gasteiger partial charge in [0.2, 0.25) is 5.88 Å².